The molecule has 3 nitrogen and oxygen atoms in total. The van der Waals surface area contributed by atoms with Crippen LogP contribution in [0.3, 0.4) is 0 Å². The molecule has 0 aliphatic carbocycles. The number of rotatable bonds is 3. The van der Waals surface area contributed by atoms with Crippen LogP contribution in [0.5, 0.6) is 5.75 Å². The van der Waals surface area contributed by atoms with Crippen LogP contribution in [0.2, 0.25) is 0 Å². The van der Waals surface area contributed by atoms with Crippen LogP contribution in [-0.2, 0) is 5.54 Å². The van der Waals surface area contributed by atoms with Crippen LogP contribution in [0.1, 0.15) is 13.8 Å². The largest absolute Gasteiger partial charge is 0.496 e. The highest BCUT2D eigenvalue weighted by Crippen LogP contribution is 2.29. The molecule has 0 atom stereocenters. The van der Waals surface area contributed by atoms with Gasteiger partial charge in [-0.2, -0.15) is 0 Å². The summed E-state index contributed by atoms with van der Waals surface area (Å²) in [7, 11) is 1.69. The van der Waals surface area contributed by atoms with Crippen molar-refractivity contribution < 1.29 is 4.74 Å². The van der Waals surface area contributed by atoms with Gasteiger partial charge in [0.25, 0.3) is 0 Å². The quantitative estimate of drug-likeness (QED) is 0.859. The van der Waals surface area contributed by atoms with Gasteiger partial charge in [-0.05, 0) is 32.0 Å². The van der Waals surface area contributed by atoms with Crippen LogP contribution in [0.25, 0.3) is 10.9 Å². The summed E-state index contributed by atoms with van der Waals surface area (Å²) in [5.74, 6) is 0.907. The average Bonchev–Trinajstić information content (AvgIpc) is 2.73. The molecule has 86 valence electrons. The van der Waals surface area contributed by atoms with Crippen molar-refractivity contribution in [2.75, 3.05) is 13.7 Å². The van der Waals surface area contributed by atoms with Crippen LogP contribution in [-0.4, -0.2) is 18.2 Å². The zero-order valence-electron chi connectivity index (χ0n) is 10.0. The predicted molar refractivity (Wildman–Crippen MR) is 66.9 cm³/mol. The molecule has 0 saturated heterocycles. The maximum absolute atomic E-state index is 5.81. The van der Waals surface area contributed by atoms with E-state index < -0.39 is 0 Å². The fourth-order valence-electron chi connectivity index (χ4n) is 1.94. The number of benzene rings is 1. The molecule has 0 aliphatic rings. The number of nitrogens with two attached hydrogens (primary N) is 1. The normalized spacial score (nSPS) is 12.0. The molecule has 16 heavy (non-hydrogen) atoms. The summed E-state index contributed by atoms with van der Waals surface area (Å²) in [5, 5.41) is 1.13. The zero-order valence-corrected chi connectivity index (χ0v) is 10.0. The van der Waals surface area contributed by atoms with E-state index in [9.17, 15) is 0 Å². The average molecular weight is 218 g/mol. The van der Waals surface area contributed by atoms with Crippen LogP contribution >= 0.6 is 0 Å². The van der Waals surface area contributed by atoms with E-state index >= 15 is 0 Å². The minimum Gasteiger partial charge on any atom is -0.496 e. The number of hydrogen-bond acceptors (Lipinski definition) is 2. The van der Waals surface area contributed by atoms with Crippen molar-refractivity contribution in [3.05, 3.63) is 30.5 Å². The highest BCUT2D eigenvalue weighted by Gasteiger charge is 2.20. The minimum atomic E-state index is -0.0753. The maximum atomic E-state index is 5.81. The van der Waals surface area contributed by atoms with Crippen LogP contribution in [0.15, 0.2) is 30.5 Å². The van der Waals surface area contributed by atoms with E-state index in [1.165, 1.54) is 0 Å². The van der Waals surface area contributed by atoms with Gasteiger partial charge in [-0.1, -0.05) is 6.07 Å². The van der Waals surface area contributed by atoms with E-state index in [2.05, 4.69) is 36.7 Å². The number of hydrogen-bond donors (Lipinski definition) is 1. The van der Waals surface area contributed by atoms with E-state index in [1.54, 1.807) is 7.11 Å². The molecule has 3 heteroatoms. The summed E-state index contributed by atoms with van der Waals surface area (Å²) in [6.45, 7) is 4.87. The first-order valence-corrected chi connectivity index (χ1v) is 5.45. The van der Waals surface area contributed by atoms with Gasteiger partial charge in [0.1, 0.15) is 5.75 Å². The molecule has 0 aliphatic heterocycles. The lowest BCUT2D eigenvalue weighted by molar-refractivity contribution is 0.379. The first-order chi connectivity index (χ1) is 7.60. The van der Waals surface area contributed by atoms with E-state index in [0.717, 1.165) is 16.7 Å². The third-order valence-corrected chi connectivity index (χ3v) is 3.06. The van der Waals surface area contributed by atoms with E-state index in [1.807, 2.05) is 12.1 Å². The summed E-state index contributed by atoms with van der Waals surface area (Å²) in [5.41, 5.74) is 6.89. The lowest BCUT2D eigenvalue weighted by atomic mass is 10.1. The molecule has 2 N–H and O–H groups in total. The molecule has 0 fully saturated rings. The van der Waals surface area contributed by atoms with Gasteiger partial charge in [0.2, 0.25) is 0 Å². The van der Waals surface area contributed by atoms with Crippen LogP contribution < -0.4 is 10.5 Å². The lowest BCUT2D eigenvalue weighted by Crippen LogP contribution is -2.34. The minimum absolute atomic E-state index is 0.0753. The molecule has 0 unspecified atom stereocenters. The molecule has 0 amide bonds. The van der Waals surface area contributed by atoms with Crippen molar-refractivity contribution >= 4 is 10.9 Å². The van der Waals surface area contributed by atoms with Gasteiger partial charge < -0.3 is 15.0 Å². The molecule has 0 spiro atoms. The fourth-order valence-corrected chi connectivity index (χ4v) is 1.94. The standard InChI is InChI=1S/C13H18N2O/c1-13(2,9-14)15-8-7-10-11(15)5-4-6-12(10)16-3/h4-8H,9,14H2,1-3H3. The number of aromatic nitrogens is 1. The highest BCUT2D eigenvalue weighted by atomic mass is 16.5. The highest BCUT2D eigenvalue weighted by molar-refractivity contribution is 5.86. The Hall–Kier alpha value is -1.48. The second-order valence-corrected chi connectivity index (χ2v) is 4.60. The molecule has 1 aromatic carbocycles. The second kappa shape index (κ2) is 3.83. The van der Waals surface area contributed by atoms with Gasteiger partial charge in [0, 0.05) is 18.1 Å². The van der Waals surface area contributed by atoms with Gasteiger partial charge in [0.15, 0.2) is 0 Å². The first-order valence-electron chi connectivity index (χ1n) is 5.45. The van der Waals surface area contributed by atoms with Crippen molar-refractivity contribution in [1.29, 1.82) is 0 Å². The van der Waals surface area contributed by atoms with E-state index in [0.29, 0.717) is 6.54 Å². The third-order valence-electron chi connectivity index (χ3n) is 3.06. The fraction of sp³-hybridized carbons (Fsp3) is 0.385. The molecule has 1 heterocycles. The molecular weight excluding hydrogens is 200 g/mol. The first kappa shape index (κ1) is 11.0. The van der Waals surface area contributed by atoms with Gasteiger partial charge in [-0.25, -0.2) is 0 Å². The molecule has 0 bridgehead atoms. The lowest BCUT2D eigenvalue weighted by Gasteiger charge is -2.26. The Morgan fingerprint density at radius 2 is 2.06 bits per heavy atom. The smallest absolute Gasteiger partial charge is 0.128 e. The molecule has 1 aromatic heterocycles. The van der Waals surface area contributed by atoms with Crippen LogP contribution in [0, 0.1) is 0 Å². The summed E-state index contributed by atoms with van der Waals surface area (Å²) in [6.07, 6.45) is 2.07. The maximum Gasteiger partial charge on any atom is 0.128 e. The van der Waals surface area contributed by atoms with Crippen molar-refractivity contribution in [3.63, 3.8) is 0 Å². The Labute approximate surface area is 95.8 Å². The Kier molecular flexibility index (Phi) is 2.64. The summed E-state index contributed by atoms with van der Waals surface area (Å²) < 4.78 is 7.54. The van der Waals surface area contributed by atoms with Gasteiger partial charge in [0.05, 0.1) is 18.2 Å². The number of ether oxygens (including phenoxy) is 1. The van der Waals surface area contributed by atoms with E-state index in [-0.39, 0.29) is 5.54 Å². The summed E-state index contributed by atoms with van der Waals surface area (Å²) in [6, 6.07) is 8.15. The van der Waals surface area contributed by atoms with Crippen molar-refractivity contribution in [2.45, 2.75) is 19.4 Å². The molecule has 0 saturated carbocycles. The molecule has 0 radical (unpaired) electrons. The van der Waals surface area contributed by atoms with Crippen molar-refractivity contribution in [2.24, 2.45) is 5.73 Å². The Morgan fingerprint density at radius 3 is 2.69 bits per heavy atom. The topological polar surface area (TPSA) is 40.2 Å². The Balaban J connectivity index is 2.66. The number of fused-ring (bicyclic) bond motifs is 1. The predicted octanol–water partition coefficient (Wildman–Crippen LogP) is 2.34. The molecule has 2 aromatic rings. The Bertz CT molecular complexity index is 500. The van der Waals surface area contributed by atoms with Gasteiger partial charge in [-0.15, -0.1) is 0 Å². The number of methoxy groups -OCH3 is 1. The van der Waals surface area contributed by atoms with Crippen molar-refractivity contribution in [3.8, 4) is 5.75 Å². The zero-order chi connectivity index (χ0) is 11.8. The molecule has 2 rings (SSSR count). The van der Waals surface area contributed by atoms with Crippen LogP contribution in [0.4, 0.5) is 0 Å². The summed E-state index contributed by atoms with van der Waals surface area (Å²) >= 11 is 0. The third kappa shape index (κ3) is 1.57. The van der Waals surface area contributed by atoms with Gasteiger partial charge in [-0.3, -0.25) is 0 Å². The number of nitrogens with zero attached hydrogens (tertiary/aromatic N) is 1. The van der Waals surface area contributed by atoms with Gasteiger partial charge >= 0.3 is 0 Å². The SMILES string of the molecule is COc1cccc2c1ccn2C(C)(C)CN. The molecular formula is C13H18N2O. The summed E-state index contributed by atoms with van der Waals surface area (Å²) in [4.78, 5) is 0. The second-order valence-electron chi connectivity index (χ2n) is 4.60. The monoisotopic (exact) mass is 218 g/mol. The van der Waals surface area contributed by atoms with E-state index in [4.69, 9.17) is 10.5 Å². The van der Waals surface area contributed by atoms with Crippen molar-refractivity contribution in [1.82, 2.24) is 4.57 Å². The Morgan fingerprint density at radius 1 is 1.31 bits per heavy atom.